The van der Waals surface area contributed by atoms with Gasteiger partial charge < -0.3 is 28.1 Å². The van der Waals surface area contributed by atoms with Gasteiger partial charge in [-0.25, -0.2) is 0 Å². The highest BCUT2D eigenvalue weighted by atomic mass is 15.2. The van der Waals surface area contributed by atoms with Gasteiger partial charge in [0.05, 0.1) is 66.5 Å². The molecule has 0 fully saturated rings. The summed E-state index contributed by atoms with van der Waals surface area (Å²) in [4.78, 5) is 5.04. The molecule has 578 valence electrons. The largest absolute Gasteiger partial charge is 0.311 e. The summed E-state index contributed by atoms with van der Waals surface area (Å²) in [6.07, 6.45) is 0. The van der Waals surface area contributed by atoms with Gasteiger partial charge in [0.1, 0.15) is 0 Å². The first-order chi connectivity index (χ1) is 62.2. The Hall–Kier alpha value is -14.4. The zero-order valence-electron chi connectivity index (χ0n) is 76.9. The molecule has 21 aromatic rings. The van der Waals surface area contributed by atoms with E-state index in [1.807, 2.05) is 6.07 Å². The highest BCUT2D eigenvalue weighted by molar-refractivity contribution is 7.00. The molecule has 0 bridgehead atoms. The van der Waals surface area contributed by atoms with Gasteiger partial charge >= 0.3 is 0 Å². The van der Waals surface area contributed by atoms with Crippen LogP contribution in [-0.4, -0.2) is 25.0 Å². The number of nitrogens with zero attached hydrogens (tertiary/aromatic N) is 6. The van der Waals surface area contributed by atoms with Gasteiger partial charge in [0, 0.05) is 99.7 Å². The second-order valence-electron chi connectivity index (χ2n) is 35.9. The zero-order chi connectivity index (χ0) is 88.4. The van der Waals surface area contributed by atoms with Gasteiger partial charge in [0.25, 0.3) is 6.71 Å². The quantitative estimate of drug-likeness (QED) is 0.128. The van der Waals surface area contributed by atoms with Gasteiger partial charge in [-0.15, -0.1) is 0 Å². The van der Waals surface area contributed by atoms with E-state index < -0.39 is 43.0 Å². The molecule has 7 heteroatoms. The maximum atomic E-state index is 10.1. The summed E-state index contributed by atoms with van der Waals surface area (Å²) in [6, 6.07) is 116. The number of para-hydroxylation sites is 5. The Balaban J connectivity index is 0.907. The van der Waals surface area contributed by atoms with Crippen molar-refractivity contribution in [2.75, 3.05) is 9.80 Å². The molecular weight excluding hydrogens is 1460 g/mol. The average Bonchev–Trinajstić information content (AvgIpc) is 1.54. The van der Waals surface area contributed by atoms with Crippen molar-refractivity contribution in [2.45, 2.75) is 78.6 Å². The van der Waals surface area contributed by atoms with Gasteiger partial charge in [-0.3, -0.25) is 0 Å². The number of benzene rings is 17. The van der Waals surface area contributed by atoms with Crippen molar-refractivity contribution in [3.8, 4) is 67.3 Å². The van der Waals surface area contributed by atoms with E-state index in [1.54, 1.807) is 4.57 Å². The van der Waals surface area contributed by atoms with Gasteiger partial charge in [0.15, 0.2) is 0 Å². The van der Waals surface area contributed by atoms with E-state index in [9.17, 15) is 11.0 Å². The Morgan fingerprint density at radius 3 is 1.04 bits per heavy atom. The lowest BCUT2D eigenvalue weighted by molar-refractivity contribution is 0.590. The third-order valence-corrected chi connectivity index (χ3v) is 25.6. The lowest BCUT2D eigenvalue weighted by Gasteiger charge is -2.45. The fourth-order valence-electron chi connectivity index (χ4n) is 19.7. The van der Waals surface area contributed by atoms with Crippen molar-refractivity contribution in [1.82, 2.24) is 18.3 Å². The first kappa shape index (κ1) is 63.7. The second kappa shape index (κ2) is 27.1. The summed E-state index contributed by atoms with van der Waals surface area (Å²) >= 11 is 0. The van der Waals surface area contributed by atoms with Crippen LogP contribution in [0.25, 0.3) is 154 Å². The van der Waals surface area contributed by atoms with E-state index in [4.69, 9.17) is 0 Å². The topological polar surface area (TPSA) is 26.2 Å². The molecule has 0 atom stereocenters. The van der Waals surface area contributed by atoms with Crippen molar-refractivity contribution in [3.05, 3.63) is 393 Å². The van der Waals surface area contributed by atoms with E-state index in [0.717, 1.165) is 172 Å². The molecule has 4 aromatic heterocycles. The SMILES string of the molecule is [2H]c1c([2H])c([2H])c2c(c1[2H])c1c([2H])c([2H])c([2H])c([2H])c1n2-c1ccc2c(c1)N(c1c(-c3ccccc3)cc(C(C)(C)C)cc1-c1ccccc1)c1cc(-n3c4ccc(C(C)(C)C)cc4c4cc(C(C)(C)C)ccc43)cc3c1B2c1ccc(-n2c4ccccc4c4cc(-n5c6ccccc6c6ccccc65)ccc42)cc1N3c1cc(-c2ccccc2)cc(-c2ccccc2)c1. The molecule has 17 aromatic carbocycles. The molecule has 0 radical (unpaired) electrons. The molecular formula is C114H89BN6. The van der Waals surface area contributed by atoms with Crippen molar-refractivity contribution < 1.29 is 11.0 Å². The van der Waals surface area contributed by atoms with Crippen molar-refractivity contribution in [2.24, 2.45) is 0 Å². The summed E-state index contributed by atoms with van der Waals surface area (Å²) in [5.41, 5.74) is 28.7. The summed E-state index contributed by atoms with van der Waals surface area (Å²) in [6.45, 7) is 20.0. The van der Waals surface area contributed by atoms with E-state index in [-0.39, 0.29) is 50.1 Å². The molecule has 121 heavy (non-hydrogen) atoms. The molecule has 0 saturated heterocycles. The Kier molecular flexibility index (Phi) is 14.3. The molecule has 0 aliphatic carbocycles. The number of hydrogen-bond donors (Lipinski definition) is 0. The van der Waals surface area contributed by atoms with Crippen LogP contribution in [0.15, 0.2) is 376 Å². The smallest absolute Gasteiger partial charge is 0.252 e. The van der Waals surface area contributed by atoms with Crippen LogP contribution >= 0.6 is 0 Å². The van der Waals surface area contributed by atoms with Crippen LogP contribution in [0, 0.1) is 0 Å². The number of hydrogen-bond acceptors (Lipinski definition) is 2. The molecule has 0 amide bonds. The van der Waals surface area contributed by atoms with Gasteiger partial charge in [0.2, 0.25) is 0 Å². The molecule has 6 heterocycles. The Morgan fingerprint density at radius 1 is 0.231 bits per heavy atom. The highest BCUT2D eigenvalue weighted by Crippen LogP contribution is 2.55. The predicted molar refractivity (Wildman–Crippen MR) is 516 cm³/mol. The van der Waals surface area contributed by atoms with Crippen LogP contribution in [0.5, 0.6) is 0 Å². The fourth-order valence-corrected chi connectivity index (χ4v) is 19.7. The number of fused-ring (bicyclic) bond motifs is 16. The standard InChI is InChI=1S/C114H89BN6/c1-112(2,3)78-50-57-103-93(63-78)94-64-79(113(4,5)6)51-58-104(94)119(103)85-70-108-110-109(71-85)121(111-91(74-36-18-12-19-37-74)65-80(114(7,8)9)66-92(111)75-38-20-13-21-39-75)107-69-83(117-100-47-29-24-42-88(100)89-43-25-30-48-101(89)117)53-56-97(107)115(110)96-55-52-82(68-106(96)120(108)84-61-76(72-32-14-10-15-33-72)60-77(62-84)73-34-16-11-17-35-73)118-102-49-31-26-44-90(102)95-67-81(54-59-105(95)118)116-98-45-27-22-40-86(98)87-41-23-28-46-99(87)116/h10-71H,1-9H3/i24D,25D,29D,30D,42D,43D,47D,48D. The highest BCUT2D eigenvalue weighted by Gasteiger charge is 2.46. The van der Waals surface area contributed by atoms with Crippen molar-refractivity contribution in [1.29, 1.82) is 0 Å². The van der Waals surface area contributed by atoms with Crippen LogP contribution in [0.4, 0.5) is 34.1 Å². The van der Waals surface area contributed by atoms with Gasteiger partial charge in [-0.2, -0.15) is 0 Å². The fraction of sp³-hybridized carbons (Fsp3) is 0.105. The Morgan fingerprint density at radius 2 is 0.579 bits per heavy atom. The van der Waals surface area contributed by atoms with Gasteiger partial charge in [-0.1, -0.05) is 299 Å². The molecule has 2 aliphatic heterocycles. The molecule has 0 N–H and O–H groups in total. The van der Waals surface area contributed by atoms with E-state index >= 15 is 0 Å². The number of rotatable bonds is 10. The normalized spacial score (nSPS) is 13.9. The minimum atomic E-state index is -0.578. The van der Waals surface area contributed by atoms with E-state index in [1.165, 1.54) is 21.9 Å². The maximum Gasteiger partial charge on any atom is 0.252 e. The minimum Gasteiger partial charge on any atom is -0.311 e. The summed E-state index contributed by atoms with van der Waals surface area (Å²) in [5, 5.41) is 6.84. The molecule has 2 aliphatic rings. The maximum absolute atomic E-state index is 10.1. The van der Waals surface area contributed by atoms with Crippen molar-refractivity contribution in [3.63, 3.8) is 0 Å². The Labute approximate surface area is 717 Å². The lowest BCUT2D eigenvalue weighted by atomic mass is 9.33. The molecule has 23 rings (SSSR count). The number of aromatic nitrogens is 4. The van der Waals surface area contributed by atoms with Crippen molar-refractivity contribution >= 4 is 144 Å². The predicted octanol–water partition coefficient (Wildman–Crippen LogP) is 28.7. The third-order valence-electron chi connectivity index (χ3n) is 25.6. The van der Waals surface area contributed by atoms with Crippen LogP contribution < -0.4 is 26.2 Å². The first-order valence-electron chi connectivity index (χ1n) is 46.0. The Bertz CT molecular complexity index is 8040. The molecule has 6 nitrogen and oxygen atoms in total. The first-order valence-corrected chi connectivity index (χ1v) is 42.0. The second-order valence-corrected chi connectivity index (χ2v) is 35.9. The lowest BCUT2D eigenvalue weighted by Crippen LogP contribution is -2.61. The average molecular weight is 1560 g/mol. The van der Waals surface area contributed by atoms with E-state index in [0.29, 0.717) is 5.69 Å². The number of anilines is 6. The minimum absolute atomic E-state index is 0.00110. The van der Waals surface area contributed by atoms with Crippen LogP contribution in [0.1, 0.15) is 90.0 Å². The van der Waals surface area contributed by atoms with Crippen LogP contribution in [-0.2, 0) is 16.2 Å². The molecule has 0 unspecified atom stereocenters. The third kappa shape index (κ3) is 11.4. The zero-order valence-corrected chi connectivity index (χ0v) is 68.9. The van der Waals surface area contributed by atoms with Gasteiger partial charge in [-0.05, 0) is 222 Å². The van der Waals surface area contributed by atoms with Crippen LogP contribution in [0.3, 0.4) is 0 Å². The van der Waals surface area contributed by atoms with Crippen LogP contribution in [0.2, 0.25) is 0 Å². The summed E-state index contributed by atoms with van der Waals surface area (Å²) < 4.78 is 86.0. The van der Waals surface area contributed by atoms with E-state index in [2.05, 4.69) is 407 Å². The molecule has 0 spiro atoms. The molecule has 0 saturated carbocycles. The monoisotopic (exact) mass is 1560 g/mol. The summed E-state index contributed by atoms with van der Waals surface area (Å²) in [5.74, 6) is 0. The summed E-state index contributed by atoms with van der Waals surface area (Å²) in [7, 11) is 0.